The average molecular weight is 265 g/mol. The first-order valence-electron chi connectivity index (χ1n) is 5.74. The van der Waals surface area contributed by atoms with Crippen LogP contribution in [0.3, 0.4) is 0 Å². The molecule has 7 heteroatoms. The molecule has 1 saturated heterocycles. The number of rotatable bonds is 6. The van der Waals surface area contributed by atoms with Gasteiger partial charge in [0.2, 0.25) is 10.0 Å². The Balaban J connectivity index is 2.90. The molecule has 0 bridgehead atoms. The molecule has 17 heavy (non-hydrogen) atoms. The highest BCUT2D eigenvalue weighted by atomic mass is 32.2. The van der Waals surface area contributed by atoms with E-state index in [1.807, 2.05) is 0 Å². The molecule has 0 aromatic heterocycles. The third-order valence-electron chi connectivity index (χ3n) is 2.87. The Hall–Kier alpha value is -0.660. The zero-order valence-electron chi connectivity index (χ0n) is 10.1. The van der Waals surface area contributed by atoms with Crippen molar-refractivity contribution in [3.63, 3.8) is 0 Å². The van der Waals surface area contributed by atoms with Crippen LogP contribution in [0.15, 0.2) is 0 Å². The van der Waals surface area contributed by atoms with Crippen LogP contribution in [-0.4, -0.2) is 55.4 Å². The molecular formula is C10H19NO5S. The summed E-state index contributed by atoms with van der Waals surface area (Å²) in [5, 5.41) is 9.02. The highest BCUT2D eigenvalue weighted by Gasteiger charge is 2.41. The van der Waals surface area contributed by atoms with E-state index in [2.05, 4.69) is 0 Å². The maximum absolute atomic E-state index is 12.0. The molecule has 6 nitrogen and oxygen atoms in total. The van der Waals surface area contributed by atoms with Crippen molar-refractivity contribution in [3.8, 4) is 0 Å². The van der Waals surface area contributed by atoms with Crippen LogP contribution >= 0.6 is 0 Å². The minimum absolute atomic E-state index is 0.0453. The van der Waals surface area contributed by atoms with Gasteiger partial charge >= 0.3 is 5.97 Å². The number of carbonyl (C=O) groups is 1. The van der Waals surface area contributed by atoms with Crippen LogP contribution in [0.25, 0.3) is 0 Å². The second-order valence-electron chi connectivity index (χ2n) is 4.07. The molecule has 1 rings (SSSR count). The van der Waals surface area contributed by atoms with E-state index in [4.69, 9.17) is 9.84 Å². The van der Waals surface area contributed by atoms with Gasteiger partial charge in [0.15, 0.2) is 0 Å². The summed E-state index contributed by atoms with van der Waals surface area (Å²) in [5.41, 5.74) is 0. The minimum atomic E-state index is -3.38. The van der Waals surface area contributed by atoms with Crippen molar-refractivity contribution in [3.05, 3.63) is 0 Å². The molecule has 1 heterocycles. The highest BCUT2D eigenvalue weighted by molar-refractivity contribution is 7.89. The molecule has 2 atom stereocenters. The van der Waals surface area contributed by atoms with E-state index in [0.29, 0.717) is 6.42 Å². The highest BCUT2D eigenvalue weighted by Crippen LogP contribution is 2.23. The molecule has 0 saturated carbocycles. The van der Waals surface area contributed by atoms with Gasteiger partial charge in [-0.05, 0) is 6.42 Å². The molecule has 0 spiro atoms. The molecule has 2 unspecified atom stereocenters. The SMILES string of the molecule is CCCS(=O)(=O)N(CC)C1COCC1C(=O)O. The minimum Gasteiger partial charge on any atom is -0.481 e. The number of hydrogen-bond donors (Lipinski definition) is 1. The fraction of sp³-hybridized carbons (Fsp3) is 0.900. The number of carboxylic acids is 1. The number of aliphatic carboxylic acids is 1. The van der Waals surface area contributed by atoms with Crippen LogP contribution < -0.4 is 0 Å². The number of ether oxygens (including phenoxy) is 1. The van der Waals surface area contributed by atoms with Crippen molar-refractivity contribution in [2.45, 2.75) is 26.3 Å². The summed E-state index contributed by atoms with van der Waals surface area (Å²) in [4.78, 5) is 11.0. The molecule has 1 fully saturated rings. The molecular weight excluding hydrogens is 246 g/mol. The normalized spacial score (nSPS) is 25.4. The molecule has 0 aliphatic carbocycles. The topological polar surface area (TPSA) is 83.9 Å². The van der Waals surface area contributed by atoms with Gasteiger partial charge in [0.25, 0.3) is 0 Å². The Morgan fingerprint density at radius 1 is 1.41 bits per heavy atom. The standard InChI is InChI=1S/C10H19NO5S/c1-3-5-17(14,15)11(4-2)9-7-16-6-8(9)10(12)13/h8-9H,3-7H2,1-2H3,(H,12,13). The Bertz CT molecular complexity index is 367. The molecule has 1 aliphatic heterocycles. The first-order valence-corrected chi connectivity index (χ1v) is 7.35. The summed E-state index contributed by atoms with van der Waals surface area (Å²) in [7, 11) is -3.38. The van der Waals surface area contributed by atoms with Gasteiger partial charge in [-0.1, -0.05) is 13.8 Å². The van der Waals surface area contributed by atoms with Crippen molar-refractivity contribution in [1.29, 1.82) is 0 Å². The largest absolute Gasteiger partial charge is 0.481 e. The van der Waals surface area contributed by atoms with E-state index >= 15 is 0 Å². The van der Waals surface area contributed by atoms with Crippen molar-refractivity contribution in [2.75, 3.05) is 25.5 Å². The predicted octanol–water partition coefficient (Wildman–Crippen LogP) is 0.148. The van der Waals surface area contributed by atoms with Gasteiger partial charge in [0.1, 0.15) is 0 Å². The van der Waals surface area contributed by atoms with Gasteiger partial charge < -0.3 is 9.84 Å². The van der Waals surface area contributed by atoms with Crippen LogP contribution in [-0.2, 0) is 19.6 Å². The van der Waals surface area contributed by atoms with Crippen LogP contribution in [0.1, 0.15) is 20.3 Å². The van der Waals surface area contributed by atoms with Gasteiger partial charge in [-0.15, -0.1) is 0 Å². The van der Waals surface area contributed by atoms with E-state index in [0.717, 1.165) is 0 Å². The molecule has 0 radical (unpaired) electrons. The van der Waals surface area contributed by atoms with E-state index < -0.39 is 28.0 Å². The first kappa shape index (κ1) is 14.4. The summed E-state index contributed by atoms with van der Waals surface area (Å²) in [5.74, 6) is -1.72. The molecule has 1 aliphatic rings. The molecule has 0 aromatic rings. The van der Waals surface area contributed by atoms with E-state index in [1.54, 1.807) is 13.8 Å². The van der Waals surface area contributed by atoms with Gasteiger partial charge in [-0.2, -0.15) is 4.31 Å². The van der Waals surface area contributed by atoms with E-state index in [-0.39, 0.29) is 25.5 Å². The fourth-order valence-electron chi connectivity index (χ4n) is 2.08. The molecule has 0 amide bonds. The maximum atomic E-state index is 12.0. The van der Waals surface area contributed by atoms with E-state index in [9.17, 15) is 13.2 Å². The second-order valence-corrected chi connectivity index (χ2v) is 6.11. The number of carboxylic acid groups (broad SMARTS) is 1. The second kappa shape index (κ2) is 5.79. The quantitative estimate of drug-likeness (QED) is 0.739. The Kier molecular flexibility index (Phi) is 4.91. The van der Waals surface area contributed by atoms with Gasteiger partial charge in [0, 0.05) is 6.54 Å². The summed E-state index contributed by atoms with van der Waals surface area (Å²) in [6.07, 6.45) is 0.518. The lowest BCUT2D eigenvalue weighted by molar-refractivity contribution is -0.142. The number of nitrogens with zero attached hydrogens (tertiary/aromatic N) is 1. The summed E-state index contributed by atoms with van der Waals surface area (Å²) < 4.78 is 30.4. The summed E-state index contributed by atoms with van der Waals surface area (Å²) in [6, 6.07) is -0.575. The van der Waals surface area contributed by atoms with Crippen molar-refractivity contribution >= 4 is 16.0 Å². The fourth-order valence-corrected chi connectivity index (χ4v) is 3.84. The van der Waals surface area contributed by atoms with Crippen LogP contribution in [0.4, 0.5) is 0 Å². The summed E-state index contributed by atoms with van der Waals surface area (Å²) >= 11 is 0. The number of hydrogen-bond acceptors (Lipinski definition) is 4. The lowest BCUT2D eigenvalue weighted by atomic mass is 10.0. The smallest absolute Gasteiger partial charge is 0.310 e. The molecule has 1 N–H and O–H groups in total. The third kappa shape index (κ3) is 3.17. The van der Waals surface area contributed by atoms with Crippen molar-refractivity contribution in [1.82, 2.24) is 4.31 Å². The number of sulfonamides is 1. The zero-order valence-corrected chi connectivity index (χ0v) is 10.9. The van der Waals surface area contributed by atoms with Gasteiger partial charge in [0.05, 0.1) is 30.9 Å². The van der Waals surface area contributed by atoms with Gasteiger partial charge in [-0.3, -0.25) is 4.79 Å². The zero-order chi connectivity index (χ0) is 13.1. The molecule has 0 aromatic carbocycles. The van der Waals surface area contributed by atoms with Crippen LogP contribution in [0.2, 0.25) is 0 Å². The average Bonchev–Trinajstić information content (AvgIpc) is 2.66. The Labute approximate surface area is 102 Å². The third-order valence-corrected chi connectivity index (χ3v) is 5.04. The first-order chi connectivity index (χ1) is 7.94. The van der Waals surface area contributed by atoms with Crippen molar-refractivity contribution < 1.29 is 23.1 Å². The lowest BCUT2D eigenvalue weighted by Gasteiger charge is -2.28. The Morgan fingerprint density at radius 3 is 2.53 bits per heavy atom. The monoisotopic (exact) mass is 265 g/mol. The van der Waals surface area contributed by atoms with Crippen LogP contribution in [0.5, 0.6) is 0 Å². The molecule has 100 valence electrons. The maximum Gasteiger partial charge on any atom is 0.310 e. The Morgan fingerprint density at radius 2 is 2.06 bits per heavy atom. The summed E-state index contributed by atoms with van der Waals surface area (Å²) in [6.45, 7) is 4.02. The van der Waals surface area contributed by atoms with Gasteiger partial charge in [-0.25, -0.2) is 8.42 Å². The van der Waals surface area contributed by atoms with Crippen molar-refractivity contribution in [2.24, 2.45) is 5.92 Å². The van der Waals surface area contributed by atoms with Crippen LogP contribution in [0, 0.1) is 5.92 Å². The lowest BCUT2D eigenvalue weighted by Crippen LogP contribution is -2.47. The van der Waals surface area contributed by atoms with E-state index in [1.165, 1.54) is 4.31 Å². The predicted molar refractivity (Wildman–Crippen MR) is 62.2 cm³/mol. The number of likely N-dealkylation sites (N-methyl/N-ethyl adjacent to an activating group) is 1.